The van der Waals surface area contributed by atoms with E-state index in [1.165, 1.54) is 4.90 Å². The van der Waals surface area contributed by atoms with Crippen LogP contribution in [0.4, 0.5) is 11.4 Å². The predicted octanol–water partition coefficient (Wildman–Crippen LogP) is 3.72. The number of nitrogens with one attached hydrogen (secondary N) is 2. The van der Waals surface area contributed by atoms with Crippen LogP contribution in [0, 0.1) is 38.0 Å². The van der Waals surface area contributed by atoms with Crippen molar-refractivity contribution in [1.29, 1.82) is 5.26 Å². The smallest absolute Gasteiger partial charge is 0.266 e. The number of anilines is 2. The molecule has 3 rings (SSSR count). The van der Waals surface area contributed by atoms with Crippen molar-refractivity contribution in [3.8, 4) is 6.07 Å². The van der Waals surface area contributed by atoms with Gasteiger partial charge in [0, 0.05) is 10.7 Å². The summed E-state index contributed by atoms with van der Waals surface area (Å²) in [4.78, 5) is 39.5. The number of hydrogen-bond acceptors (Lipinski definition) is 5. The summed E-state index contributed by atoms with van der Waals surface area (Å²) < 4.78 is 0. The van der Waals surface area contributed by atoms with Gasteiger partial charge in [-0.25, -0.2) is 0 Å². The van der Waals surface area contributed by atoms with Gasteiger partial charge < -0.3 is 10.6 Å². The van der Waals surface area contributed by atoms with E-state index in [1.807, 2.05) is 19.9 Å². The van der Waals surface area contributed by atoms with Gasteiger partial charge in [0.25, 0.3) is 5.91 Å². The third kappa shape index (κ3) is 4.54. The highest BCUT2D eigenvalue weighted by Gasteiger charge is 2.39. The molecular weight excluding hydrogens is 448 g/mol. The molecule has 2 N–H and O–H groups in total. The molecule has 1 saturated heterocycles. The maximum absolute atomic E-state index is 13.1. The van der Waals surface area contributed by atoms with E-state index in [9.17, 15) is 19.6 Å². The van der Waals surface area contributed by atoms with Crippen LogP contribution in [0.15, 0.2) is 48.0 Å². The molecule has 32 heavy (non-hydrogen) atoms. The van der Waals surface area contributed by atoms with Crippen molar-refractivity contribution in [3.63, 3.8) is 0 Å². The second-order valence-corrected chi connectivity index (χ2v) is 8.07. The minimum absolute atomic E-state index is 0.0644. The molecule has 1 heterocycles. The summed E-state index contributed by atoms with van der Waals surface area (Å²) in [7, 11) is 0. The Kier molecular flexibility index (Phi) is 6.72. The largest absolute Gasteiger partial charge is 0.321 e. The van der Waals surface area contributed by atoms with Crippen LogP contribution in [0.3, 0.4) is 0 Å². The summed E-state index contributed by atoms with van der Waals surface area (Å²) in [6.45, 7) is 5.54. The van der Waals surface area contributed by atoms with Gasteiger partial charge >= 0.3 is 0 Å². The van der Waals surface area contributed by atoms with E-state index in [1.54, 1.807) is 43.3 Å². The Morgan fingerprint density at radius 2 is 1.94 bits per heavy atom. The topological polar surface area (TPSA) is 102 Å². The highest BCUT2D eigenvalue weighted by Crippen LogP contribution is 2.26. The molecule has 9 heteroatoms. The number of amides is 3. The molecule has 0 aliphatic carbocycles. The minimum Gasteiger partial charge on any atom is -0.321 e. The van der Waals surface area contributed by atoms with Gasteiger partial charge in [-0.05, 0) is 80.0 Å². The highest BCUT2D eigenvalue weighted by molar-refractivity contribution is 7.80. The maximum atomic E-state index is 13.1. The fourth-order valence-corrected chi connectivity index (χ4v) is 3.58. The first-order valence-electron chi connectivity index (χ1n) is 9.58. The predicted molar refractivity (Wildman–Crippen MR) is 126 cm³/mol. The van der Waals surface area contributed by atoms with E-state index < -0.39 is 23.6 Å². The van der Waals surface area contributed by atoms with Gasteiger partial charge in [-0.1, -0.05) is 23.7 Å². The zero-order chi connectivity index (χ0) is 23.6. The van der Waals surface area contributed by atoms with Gasteiger partial charge in [-0.15, -0.1) is 0 Å². The van der Waals surface area contributed by atoms with Crippen LogP contribution in [-0.4, -0.2) is 22.8 Å². The number of hydrogen-bond donors (Lipinski definition) is 2. The van der Waals surface area contributed by atoms with Crippen LogP contribution in [0.1, 0.15) is 16.7 Å². The third-order valence-electron chi connectivity index (χ3n) is 5.17. The fraction of sp³-hybridized carbons (Fsp3) is 0.174. The van der Waals surface area contributed by atoms with E-state index in [0.717, 1.165) is 17.2 Å². The summed E-state index contributed by atoms with van der Waals surface area (Å²) in [5.41, 5.74) is 3.11. The molecule has 1 atom stereocenters. The van der Waals surface area contributed by atoms with Crippen LogP contribution >= 0.6 is 23.8 Å². The lowest BCUT2D eigenvalue weighted by Crippen LogP contribution is -2.57. The number of carbonyl (C=O) groups is 3. The Morgan fingerprint density at radius 1 is 1.22 bits per heavy atom. The number of halogens is 1. The SMILES string of the molecule is Cc1ccc(N2C(=O)[C@@H](/C=C(\C#N)C(=O)Nc3cccc(Cl)c3C)C(=O)NC2=S)cc1C. The number of carbonyl (C=O) groups excluding carboxylic acids is 3. The molecule has 162 valence electrons. The van der Waals surface area contributed by atoms with Crippen molar-refractivity contribution in [2.75, 3.05) is 10.2 Å². The Hall–Kier alpha value is -3.54. The lowest BCUT2D eigenvalue weighted by molar-refractivity contribution is -0.131. The number of thiocarbonyl (C=S) groups is 1. The van der Waals surface area contributed by atoms with Crippen LogP contribution in [-0.2, 0) is 14.4 Å². The van der Waals surface area contributed by atoms with Crippen molar-refractivity contribution in [2.24, 2.45) is 5.92 Å². The molecule has 2 aromatic carbocycles. The van der Waals surface area contributed by atoms with Gasteiger partial charge in [-0.2, -0.15) is 5.26 Å². The van der Waals surface area contributed by atoms with Gasteiger partial charge in [0.1, 0.15) is 17.6 Å². The molecule has 1 aliphatic rings. The number of benzene rings is 2. The first-order valence-corrected chi connectivity index (χ1v) is 10.4. The molecule has 0 radical (unpaired) electrons. The van der Waals surface area contributed by atoms with Crippen molar-refractivity contribution in [1.82, 2.24) is 5.32 Å². The lowest BCUT2D eigenvalue weighted by Gasteiger charge is -2.31. The highest BCUT2D eigenvalue weighted by atomic mass is 35.5. The zero-order valence-electron chi connectivity index (χ0n) is 17.5. The van der Waals surface area contributed by atoms with Gasteiger partial charge in [0.05, 0.1) is 5.69 Å². The lowest BCUT2D eigenvalue weighted by atomic mass is 10.00. The Bertz CT molecular complexity index is 1230. The van der Waals surface area contributed by atoms with Crippen LogP contribution in [0.25, 0.3) is 0 Å². The maximum Gasteiger partial charge on any atom is 0.266 e. The average Bonchev–Trinajstić information content (AvgIpc) is 2.73. The fourth-order valence-electron chi connectivity index (χ4n) is 3.11. The Morgan fingerprint density at radius 3 is 2.59 bits per heavy atom. The van der Waals surface area contributed by atoms with Crippen LogP contribution in [0.2, 0.25) is 5.02 Å². The van der Waals surface area contributed by atoms with Gasteiger partial charge in [-0.3, -0.25) is 19.3 Å². The number of rotatable bonds is 4. The van der Waals surface area contributed by atoms with Crippen molar-refractivity contribution in [3.05, 3.63) is 69.8 Å². The van der Waals surface area contributed by atoms with E-state index >= 15 is 0 Å². The molecule has 0 unspecified atom stereocenters. The molecule has 1 fully saturated rings. The molecule has 0 spiro atoms. The molecule has 0 aromatic heterocycles. The molecule has 1 aliphatic heterocycles. The van der Waals surface area contributed by atoms with E-state index in [2.05, 4.69) is 10.6 Å². The van der Waals surface area contributed by atoms with Gasteiger partial charge in [0.2, 0.25) is 11.8 Å². The number of nitrogens with zero attached hydrogens (tertiary/aromatic N) is 2. The molecule has 0 saturated carbocycles. The third-order valence-corrected chi connectivity index (χ3v) is 5.86. The molecule has 0 bridgehead atoms. The standard InChI is InChI=1S/C23H19ClN4O3S/c1-12-7-8-16(9-13(12)2)28-22(31)17(21(30)27-23(28)32)10-15(11-25)20(29)26-19-6-4-5-18(24)14(19)3/h4-10,17H,1-3H3,(H,26,29)(H,27,30,32)/b15-10+/t17-/m0/s1. The van der Waals surface area contributed by atoms with Crippen molar-refractivity contribution in [2.45, 2.75) is 20.8 Å². The summed E-state index contributed by atoms with van der Waals surface area (Å²) in [5.74, 6) is -3.52. The van der Waals surface area contributed by atoms with E-state index in [0.29, 0.717) is 22.0 Å². The van der Waals surface area contributed by atoms with Crippen LogP contribution in [0.5, 0.6) is 0 Å². The Balaban J connectivity index is 1.92. The molecular formula is C23H19ClN4O3S. The summed E-state index contributed by atoms with van der Waals surface area (Å²) in [6, 6.07) is 12.0. The molecule has 7 nitrogen and oxygen atoms in total. The first-order chi connectivity index (χ1) is 15.1. The summed E-state index contributed by atoms with van der Waals surface area (Å²) >= 11 is 11.3. The summed E-state index contributed by atoms with van der Waals surface area (Å²) in [5, 5.41) is 15.0. The quantitative estimate of drug-likeness (QED) is 0.309. The van der Waals surface area contributed by atoms with E-state index in [4.69, 9.17) is 23.8 Å². The van der Waals surface area contributed by atoms with Crippen molar-refractivity contribution >= 4 is 58.0 Å². The second-order valence-electron chi connectivity index (χ2n) is 7.27. The minimum atomic E-state index is -1.40. The van der Waals surface area contributed by atoms with E-state index in [-0.39, 0.29) is 10.7 Å². The number of nitriles is 1. The summed E-state index contributed by atoms with van der Waals surface area (Å²) in [6.07, 6.45) is 1.04. The van der Waals surface area contributed by atoms with Gasteiger partial charge in [0.15, 0.2) is 5.11 Å². The number of aryl methyl sites for hydroxylation is 2. The molecule has 2 aromatic rings. The first kappa shape index (κ1) is 23.1. The van der Waals surface area contributed by atoms with Crippen molar-refractivity contribution < 1.29 is 14.4 Å². The normalized spacial score (nSPS) is 16.5. The monoisotopic (exact) mass is 466 g/mol. The van der Waals surface area contributed by atoms with Crippen LogP contribution < -0.4 is 15.5 Å². The zero-order valence-corrected chi connectivity index (χ0v) is 19.1. The Labute approximate surface area is 195 Å². The second kappa shape index (κ2) is 9.30. The molecule has 3 amide bonds. The average molecular weight is 467 g/mol.